The van der Waals surface area contributed by atoms with E-state index in [1.165, 1.54) is 5.56 Å². The molecule has 1 aromatic rings. The summed E-state index contributed by atoms with van der Waals surface area (Å²) in [5.74, 6) is 1.08. The molecular formula is C8H11BClN. The van der Waals surface area contributed by atoms with Gasteiger partial charge in [0.25, 0.3) is 0 Å². The SMILES string of the molecule is BC(C)c1cncc(CCl)c1. The normalized spacial score (nSPS) is 12.9. The monoisotopic (exact) mass is 167 g/mol. The quantitative estimate of drug-likeness (QED) is 0.481. The zero-order valence-electron chi connectivity index (χ0n) is 6.84. The molecular weight excluding hydrogens is 156 g/mol. The molecule has 0 fully saturated rings. The molecule has 1 aromatic heterocycles. The summed E-state index contributed by atoms with van der Waals surface area (Å²) in [5.41, 5.74) is 2.35. The van der Waals surface area contributed by atoms with Crippen LogP contribution in [0.25, 0.3) is 0 Å². The summed E-state index contributed by atoms with van der Waals surface area (Å²) in [4.78, 5) is 4.09. The van der Waals surface area contributed by atoms with Crippen LogP contribution in [0.5, 0.6) is 0 Å². The Morgan fingerprint density at radius 2 is 2.36 bits per heavy atom. The molecule has 0 aromatic carbocycles. The van der Waals surface area contributed by atoms with E-state index in [4.69, 9.17) is 11.6 Å². The standard InChI is InChI=1S/C8H11BClN/c1-6(9)8-2-7(3-10)4-11-5-8/h2,4-6H,3,9H2,1H3. The third kappa shape index (κ3) is 2.23. The number of hydrogen-bond donors (Lipinski definition) is 0. The van der Waals surface area contributed by atoms with Crippen LogP contribution in [0, 0.1) is 0 Å². The van der Waals surface area contributed by atoms with E-state index in [9.17, 15) is 0 Å². The highest BCUT2D eigenvalue weighted by Crippen LogP contribution is 2.12. The Kier molecular flexibility index (Phi) is 2.95. The zero-order valence-corrected chi connectivity index (χ0v) is 7.60. The summed E-state index contributed by atoms with van der Waals surface area (Å²) in [5, 5.41) is 0. The third-order valence-corrected chi connectivity index (χ3v) is 1.95. The molecule has 0 bridgehead atoms. The maximum absolute atomic E-state index is 5.66. The summed E-state index contributed by atoms with van der Waals surface area (Å²) in [6.07, 6.45) is 3.69. The molecule has 1 heterocycles. The number of hydrogen-bond acceptors (Lipinski definition) is 1. The Balaban J connectivity index is 2.91. The van der Waals surface area contributed by atoms with Crippen LogP contribution in [-0.4, -0.2) is 12.8 Å². The van der Waals surface area contributed by atoms with Gasteiger partial charge < -0.3 is 0 Å². The second kappa shape index (κ2) is 3.77. The van der Waals surface area contributed by atoms with Crippen molar-refractivity contribution in [2.45, 2.75) is 18.6 Å². The van der Waals surface area contributed by atoms with Crippen molar-refractivity contribution < 1.29 is 0 Å². The molecule has 0 spiro atoms. The van der Waals surface area contributed by atoms with Crippen molar-refractivity contribution >= 4 is 19.4 Å². The number of halogens is 1. The van der Waals surface area contributed by atoms with Gasteiger partial charge in [0.05, 0.1) is 0 Å². The molecule has 0 aliphatic rings. The first-order valence-corrected chi connectivity index (χ1v) is 4.27. The minimum atomic E-state index is 0.533. The molecule has 0 saturated carbocycles. The van der Waals surface area contributed by atoms with Crippen molar-refractivity contribution in [3.8, 4) is 0 Å². The molecule has 1 nitrogen and oxygen atoms in total. The van der Waals surface area contributed by atoms with Crippen LogP contribution >= 0.6 is 11.6 Å². The molecule has 1 unspecified atom stereocenters. The van der Waals surface area contributed by atoms with Crippen LogP contribution in [0.1, 0.15) is 23.9 Å². The number of rotatable bonds is 2. The van der Waals surface area contributed by atoms with E-state index < -0.39 is 0 Å². The highest BCUT2D eigenvalue weighted by molar-refractivity contribution is 6.17. The van der Waals surface area contributed by atoms with Crippen LogP contribution in [0.4, 0.5) is 0 Å². The molecule has 11 heavy (non-hydrogen) atoms. The minimum absolute atomic E-state index is 0.533. The van der Waals surface area contributed by atoms with Crippen LogP contribution in [-0.2, 0) is 5.88 Å². The number of alkyl halides is 1. The maximum Gasteiger partial charge on any atom is 0.110 e. The summed E-state index contributed by atoms with van der Waals surface area (Å²) in [6.45, 7) is 2.15. The maximum atomic E-state index is 5.66. The minimum Gasteiger partial charge on any atom is -0.264 e. The van der Waals surface area contributed by atoms with E-state index in [0.29, 0.717) is 11.7 Å². The molecule has 0 radical (unpaired) electrons. The Labute approximate surface area is 73.2 Å². The van der Waals surface area contributed by atoms with Crippen molar-refractivity contribution in [1.82, 2.24) is 4.98 Å². The fourth-order valence-corrected chi connectivity index (χ4v) is 1.04. The van der Waals surface area contributed by atoms with Crippen molar-refractivity contribution in [1.29, 1.82) is 0 Å². The van der Waals surface area contributed by atoms with E-state index in [1.807, 2.05) is 6.20 Å². The zero-order chi connectivity index (χ0) is 8.27. The second-order valence-electron chi connectivity index (χ2n) is 2.91. The summed E-state index contributed by atoms with van der Waals surface area (Å²) >= 11 is 5.66. The summed E-state index contributed by atoms with van der Waals surface area (Å²) < 4.78 is 0. The van der Waals surface area contributed by atoms with Gasteiger partial charge in [0, 0.05) is 18.3 Å². The van der Waals surface area contributed by atoms with Crippen LogP contribution in [0.2, 0.25) is 0 Å². The smallest absolute Gasteiger partial charge is 0.110 e. The van der Waals surface area contributed by atoms with Crippen LogP contribution in [0.3, 0.4) is 0 Å². The van der Waals surface area contributed by atoms with Crippen molar-refractivity contribution in [2.24, 2.45) is 0 Å². The Bertz CT molecular complexity index is 237. The van der Waals surface area contributed by atoms with Gasteiger partial charge in [0.2, 0.25) is 0 Å². The Hall–Kier alpha value is -0.495. The first-order chi connectivity index (χ1) is 5.24. The molecule has 3 heteroatoms. The van der Waals surface area contributed by atoms with Gasteiger partial charge in [-0.2, -0.15) is 0 Å². The van der Waals surface area contributed by atoms with Gasteiger partial charge in [-0.15, -0.1) is 11.6 Å². The molecule has 0 aliphatic heterocycles. The predicted molar refractivity (Wildman–Crippen MR) is 50.8 cm³/mol. The highest BCUT2D eigenvalue weighted by atomic mass is 35.5. The molecule has 0 aliphatic carbocycles. The lowest BCUT2D eigenvalue weighted by molar-refractivity contribution is 1.04. The van der Waals surface area contributed by atoms with Crippen LogP contribution in [0.15, 0.2) is 18.5 Å². The van der Waals surface area contributed by atoms with Gasteiger partial charge in [-0.05, 0) is 16.9 Å². The van der Waals surface area contributed by atoms with Gasteiger partial charge in [-0.3, -0.25) is 4.98 Å². The van der Waals surface area contributed by atoms with Crippen molar-refractivity contribution in [3.63, 3.8) is 0 Å². The molecule has 1 rings (SSSR count). The topological polar surface area (TPSA) is 12.9 Å². The summed E-state index contributed by atoms with van der Waals surface area (Å²) in [7, 11) is 2.15. The van der Waals surface area contributed by atoms with E-state index in [1.54, 1.807) is 6.20 Å². The third-order valence-electron chi connectivity index (χ3n) is 1.64. The van der Waals surface area contributed by atoms with Crippen LogP contribution < -0.4 is 0 Å². The average Bonchev–Trinajstić information content (AvgIpc) is 2.05. The van der Waals surface area contributed by atoms with Crippen molar-refractivity contribution in [3.05, 3.63) is 29.6 Å². The van der Waals surface area contributed by atoms with Crippen molar-refractivity contribution in [2.75, 3.05) is 0 Å². The van der Waals surface area contributed by atoms with E-state index in [2.05, 4.69) is 25.8 Å². The Morgan fingerprint density at radius 1 is 1.64 bits per heavy atom. The lowest BCUT2D eigenvalue weighted by Gasteiger charge is -2.04. The number of nitrogens with zero attached hydrogens (tertiary/aromatic N) is 1. The molecule has 0 amide bonds. The lowest BCUT2D eigenvalue weighted by atomic mass is 9.83. The van der Waals surface area contributed by atoms with E-state index in [0.717, 1.165) is 5.56 Å². The highest BCUT2D eigenvalue weighted by Gasteiger charge is 1.99. The predicted octanol–water partition coefficient (Wildman–Crippen LogP) is 1.51. The number of pyridine rings is 1. The molecule has 58 valence electrons. The van der Waals surface area contributed by atoms with E-state index >= 15 is 0 Å². The summed E-state index contributed by atoms with van der Waals surface area (Å²) in [6, 6.07) is 2.10. The van der Waals surface area contributed by atoms with Gasteiger partial charge in [-0.1, -0.05) is 13.0 Å². The lowest BCUT2D eigenvalue weighted by Crippen LogP contribution is -1.94. The number of aromatic nitrogens is 1. The fourth-order valence-electron chi connectivity index (χ4n) is 0.897. The molecule has 0 N–H and O–H groups in total. The van der Waals surface area contributed by atoms with Gasteiger partial charge >= 0.3 is 0 Å². The molecule has 1 atom stereocenters. The molecule has 0 saturated heterocycles. The van der Waals surface area contributed by atoms with E-state index in [-0.39, 0.29) is 0 Å². The average molecular weight is 167 g/mol. The van der Waals surface area contributed by atoms with Gasteiger partial charge in [-0.25, -0.2) is 0 Å². The first kappa shape index (κ1) is 8.60. The fraction of sp³-hybridized carbons (Fsp3) is 0.375. The second-order valence-corrected chi connectivity index (χ2v) is 3.18. The Morgan fingerprint density at radius 3 is 2.91 bits per heavy atom. The first-order valence-electron chi connectivity index (χ1n) is 3.74. The van der Waals surface area contributed by atoms with Gasteiger partial charge in [0.1, 0.15) is 7.85 Å². The van der Waals surface area contributed by atoms with Gasteiger partial charge in [0.15, 0.2) is 0 Å². The largest absolute Gasteiger partial charge is 0.264 e.